The molecule has 27 heavy (non-hydrogen) atoms. The predicted octanol–water partition coefficient (Wildman–Crippen LogP) is 3.36. The molecule has 1 aromatic heterocycles. The van der Waals surface area contributed by atoms with Gasteiger partial charge in [0.2, 0.25) is 5.91 Å². The predicted molar refractivity (Wildman–Crippen MR) is 104 cm³/mol. The fourth-order valence-electron chi connectivity index (χ4n) is 3.39. The summed E-state index contributed by atoms with van der Waals surface area (Å²) in [5.41, 5.74) is 1.06. The van der Waals surface area contributed by atoms with E-state index in [1.54, 1.807) is 18.2 Å². The Morgan fingerprint density at radius 2 is 1.85 bits per heavy atom. The van der Waals surface area contributed by atoms with E-state index in [0.29, 0.717) is 22.7 Å². The summed E-state index contributed by atoms with van der Waals surface area (Å²) in [6.07, 6.45) is 6.37. The average Bonchev–Trinajstić information content (AvgIpc) is 3.19. The van der Waals surface area contributed by atoms with Gasteiger partial charge in [-0.3, -0.25) is 14.2 Å². The van der Waals surface area contributed by atoms with Gasteiger partial charge in [0.05, 0.1) is 23.3 Å². The monoisotopic (exact) mass is 363 g/mol. The van der Waals surface area contributed by atoms with Crippen molar-refractivity contribution in [1.82, 2.24) is 9.55 Å². The quantitative estimate of drug-likeness (QED) is 0.754. The van der Waals surface area contributed by atoms with Crippen LogP contribution in [0.3, 0.4) is 0 Å². The van der Waals surface area contributed by atoms with Gasteiger partial charge in [-0.05, 0) is 62.1 Å². The van der Waals surface area contributed by atoms with Gasteiger partial charge in [0.1, 0.15) is 12.3 Å². The fourth-order valence-corrected chi connectivity index (χ4v) is 3.39. The largest absolute Gasteiger partial charge is 0.490 e. The zero-order valence-electron chi connectivity index (χ0n) is 14.9. The van der Waals surface area contributed by atoms with E-state index in [1.165, 1.54) is 23.7 Å². The lowest BCUT2D eigenvalue weighted by Gasteiger charge is -2.13. The molecule has 0 aliphatic heterocycles. The summed E-state index contributed by atoms with van der Waals surface area (Å²) in [6, 6.07) is 14.4. The molecule has 3 aromatic rings. The molecule has 1 aliphatic carbocycles. The van der Waals surface area contributed by atoms with E-state index in [0.717, 1.165) is 18.6 Å². The first-order chi connectivity index (χ1) is 13.2. The summed E-state index contributed by atoms with van der Waals surface area (Å²) in [5, 5.41) is 3.31. The van der Waals surface area contributed by atoms with Crippen molar-refractivity contribution in [1.29, 1.82) is 0 Å². The fraction of sp³-hybridized carbons (Fsp3) is 0.286. The molecule has 0 atom stereocenters. The number of ether oxygens (including phenoxy) is 1. The highest BCUT2D eigenvalue weighted by atomic mass is 16.5. The summed E-state index contributed by atoms with van der Waals surface area (Å²) in [4.78, 5) is 29.0. The number of amides is 1. The van der Waals surface area contributed by atoms with Crippen molar-refractivity contribution in [2.75, 3.05) is 5.32 Å². The van der Waals surface area contributed by atoms with Crippen LogP contribution in [-0.4, -0.2) is 21.6 Å². The Hall–Kier alpha value is -3.15. The number of nitrogens with one attached hydrogen (secondary N) is 1. The lowest BCUT2D eigenvalue weighted by atomic mass is 10.2. The van der Waals surface area contributed by atoms with Gasteiger partial charge < -0.3 is 10.1 Å². The van der Waals surface area contributed by atoms with Crippen LogP contribution in [0, 0.1) is 0 Å². The standard InChI is InChI=1S/C21H21N3O3/c25-20(13-24-14-22-19-8-4-3-7-18(19)21(24)26)23-15-9-11-17(12-10-15)27-16-5-1-2-6-16/h3-4,7-12,14,16H,1-2,5-6,13H2,(H,23,25). The molecule has 1 heterocycles. The number of para-hydroxylation sites is 1. The van der Waals surface area contributed by atoms with Crippen LogP contribution in [0.2, 0.25) is 0 Å². The number of hydrogen-bond acceptors (Lipinski definition) is 4. The summed E-state index contributed by atoms with van der Waals surface area (Å²) >= 11 is 0. The maximum atomic E-state index is 12.5. The van der Waals surface area contributed by atoms with E-state index in [9.17, 15) is 9.59 Å². The lowest BCUT2D eigenvalue weighted by Crippen LogP contribution is -2.27. The third-order valence-corrected chi connectivity index (χ3v) is 4.79. The number of fused-ring (bicyclic) bond motifs is 1. The minimum Gasteiger partial charge on any atom is -0.490 e. The Morgan fingerprint density at radius 1 is 1.11 bits per heavy atom. The normalized spacial score (nSPS) is 14.4. The molecule has 0 unspecified atom stereocenters. The Labute approximate surface area is 156 Å². The molecule has 0 spiro atoms. The molecule has 1 saturated carbocycles. The van der Waals surface area contributed by atoms with Crippen molar-refractivity contribution < 1.29 is 9.53 Å². The number of hydrogen-bond donors (Lipinski definition) is 1. The van der Waals surface area contributed by atoms with E-state index >= 15 is 0 Å². The summed E-state index contributed by atoms with van der Waals surface area (Å²) < 4.78 is 7.24. The van der Waals surface area contributed by atoms with E-state index in [4.69, 9.17) is 4.74 Å². The molecule has 138 valence electrons. The smallest absolute Gasteiger partial charge is 0.261 e. The van der Waals surface area contributed by atoms with Crippen LogP contribution in [0.1, 0.15) is 25.7 Å². The van der Waals surface area contributed by atoms with Crippen molar-refractivity contribution in [3.63, 3.8) is 0 Å². The van der Waals surface area contributed by atoms with Gasteiger partial charge in [0.15, 0.2) is 0 Å². The second-order valence-electron chi connectivity index (χ2n) is 6.79. The van der Waals surface area contributed by atoms with Crippen LogP contribution in [-0.2, 0) is 11.3 Å². The highest BCUT2D eigenvalue weighted by Gasteiger charge is 2.16. The number of anilines is 1. The minimum atomic E-state index is -0.279. The van der Waals surface area contributed by atoms with Gasteiger partial charge in [-0.25, -0.2) is 4.98 Å². The number of benzene rings is 2. The molecule has 1 aliphatic rings. The third-order valence-electron chi connectivity index (χ3n) is 4.79. The molecule has 6 nitrogen and oxygen atoms in total. The molecule has 6 heteroatoms. The summed E-state index contributed by atoms with van der Waals surface area (Å²) in [6.45, 7) is -0.0863. The van der Waals surface area contributed by atoms with Crippen LogP contribution >= 0.6 is 0 Å². The van der Waals surface area contributed by atoms with Crippen LogP contribution in [0.25, 0.3) is 10.9 Å². The van der Waals surface area contributed by atoms with E-state index in [2.05, 4.69) is 10.3 Å². The summed E-state index contributed by atoms with van der Waals surface area (Å²) in [7, 11) is 0. The minimum absolute atomic E-state index is 0.0863. The van der Waals surface area contributed by atoms with Crippen molar-refractivity contribution in [3.05, 3.63) is 65.2 Å². The highest BCUT2D eigenvalue weighted by molar-refractivity contribution is 5.90. The molecule has 4 rings (SSSR count). The first-order valence-electron chi connectivity index (χ1n) is 9.20. The number of carbonyl (C=O) groups excluding carboxylic acids is 1. The summed E-state index contributed by atoms with van der Waals surface area (Å²) in [5.74, 6) is 0.536. The molecule has 0 saturated heterocycles. The molecule has 0 bridgehead atoms. The zero-order valence-corrected chi connectivity index (χ0v) is 14.9. The second kappa shape index (κ2) is 7.61. The van der Waals surface area contributed by atoms with Gasteiger partial charge in [0, 0.05) is 5.69 Å². The molecule has 1 amide bonds. The second-order valence-corrected chi connectivity index (χ2v) is 6.79. The lowest BCUT2D eigenvalue weighted by molar-refractivity contribution is -0.116. The maximum absolute atomic E-state index is 12.5. The molecule has 1 N–H and O–H groups in total. The third kappa shape index (κ3) is 4.00. The number of carbonyl (C=O) groups is 1. The van der Waals surface area contributed by atoms with E-state index in [-0.39, 0.29) is 18.0 Å². The van der Waals surface area contributed by atoms with Gasteiger partial charge >= 0.3 is 0 Å². The Morgan fingerprint density at radius 3 is 2.63 bits per heavy atom. The molecule has 2 aromatic carbocycles. The van der Waals surface area contributed by atoms with Crippen LogP contribution in [0.5, 0.6) is 5.75 Å². The van der Waals surface area contributed by atoms with E-state index in [1.807, 2.05) is 30.3 Å². The zero-order chi connectivity index (χ0) is 18.6. The van der Waals surface area contributed by atoms with Gasteiger partial charge in [-0.2, -0.15) is 0 Å². The Kier molecular flexibility index (Phi) is 4.87. The van der Waals surface area contributed by atoms with Crippen molar-refractivity contribution in [3.8, 4) is 5.75 Å². The van der Waals surface area contributed by atoms with Crippen LogP contribution in [0.15, 0.2) is 59.7 Å². The van der Waals surface area contributed by atoms with Crippen LogP contribution < -0.4 is 15.6 Å². The number of aromatic nitrogens is 2. The Bertz CT molecular complexity index is 1010. The van der Waals surface area contributed by atoms with Gasteiger partial charge in [-0.15, -0.1) is 0 Å². The SMILES string of the molecule is O=C(Cn1cnc2ccccc2c1=O)Nc1ccc(OC2CCCC2)cc1. The molecular formula is C21H21N3O3. The topological polar surface area (TPSA) is 73.2 Å². The van der Waals surface area contributed by atoms with Gasteiger partial charge in [0.25, 0.3) is 5.56 Å². The maximum Gasteiger partial charge on any atom is 0.261 e. The number of rotatable bonds is 5. The van der Waals surface area contributed by atoms with Crippen molar-refractivity contribution in [2.24, 2.45) is 0 Å². The molecule has 1 fully saturated rings. The number of nitrogens with zero attached hydrogens (tertiary/aromatic N) is 2. The molecule has 0 radical (unpaired) electrons. The first-order valence-corrected chi connectivity index (χ1v) is 9.20. The first kappa shape index (κ1) is 17.3. The van der Waals surface area contributed by atoms with Gasteiger partial charge in [-0.1, -0.05) is 12.1 Å². The molecular weight excluding hydrogens is 342 g/mol. The Balaban J connectivity index is 1.40. The average molecular weight is 363 g/mol. The highest BCUT2D eigenvalue weighted by Crippen LogP contribution is 2.25. The van der Waals surface area contributed by atoms with Crippen LogP contribution in [0.4, 0.5) is 5.69 Å². The van der Waals surface area contributed by atoms with Crippen molar-refractivity contribution in [2.45, 2.75) is 38.3 Å². The van der Waals surface area contributed by atoms with Crippen molar-refractivity contribution >= 4 is 22.5 Å². The van der Waals surface area contributed by atoms with E-state index < -0.39 is 0 Å².